The Kier molecular flexibility index (Phi) is 6.37. The molecule has 11 heteroatoms. The minimum absolute atomic E-state index is 0.0234. The van der Waals surface area contributed by atoms with Crippen molar-refractivity contribution in [3.63, 3.8) is 0 Å². The van der Waals surface area contributed by atoms with Crippen molar-refractivity contribution in [2.75, 3.05) is 35.2 Å². The van der Waals surface area contributed by atoms with Gasteiger partial charge in [-0.2, -0.15) is 0 Å². The number of amides is 1. The van der Waals surface area contributed by atoms with Crippen molar-refractivity contribution in [2.45, 2.75) is 43.9 Å². The van der Waals surface area contributed by atoms with E-state index in [1.807, 2.05) is 16.7 Å². The van der Waals surface area contributed by atoms with Gasteiger partial charge >= 0.3 is 0 Å². The minimum Gasteiger partial charge on any atom is -0.467 e. The zero-order chi connectivity index (χ0) is 21.1. The molecule has 1 unspecified atom stereocenters. The summed E-state index contributed by atoms with van der Waals surface area (Å²) in [7, 11) is -3.02. The lowest BCUT2D eigenvalue weighted by Gasteiger charge is -2.31. The molecular formula is C19H27N5O4S2. The van der Waals surface area contributed by atoms with E-state index in [-0.39, 0.29) is 29.2 Å². The zero-order valence-electron chi connectivity index (χ0n) is 17.0. The summed E-state index contributed by atoms with van der Waals surface area (Å²) >= 11 is 1.31. The quantitative estimate of drug-likeness (QED) is 0.629. The number of aromatic nitrogens is 3. The van der Waals surface area contributed by atoms with E-state index in [9.17, 15) is 13.2 Å². The first-order valence-electron chi connectivity index (χ1n) is 10.2. The van der Waals surface area contributed by atoms with Crippen LogP contribution in [-0.2, 0) is 21.2 Å². The van der Waals surface area contributed by atoms with Crippen molar-refractivity contribution in [1.29, 1.82) is 0 Å². The number of rotatable bonds is 7. The second kappa shape index (κ2) is 9.01. The molecule has 164 valence electrons. The Morgan fingerprint density at radius 3 is 2.77 bits per heavy atom. The smallest absolute Gasteiger partial charge is 0.230 e. The van der Waals surface area contributed by atoms with Crippen molar-refractivity contribution in [3.8, 4) is 0 Å². The molecule has 0 radical (unpaired) electrons. The van der Waals surface area contributed by atoms with Crippen LogP contribution in [0.25, 0.3) is 0 Å². The zero-order valence-corrected chi connectivity index (χ0v) is 18.6. The summed E-state index contributed by atoms with van der Waals surface area (Å²) in [4.78, 5) is 14.6. The molecule has 0 saturated carbocycles. The number of thioether (sulfide) groups is 1. The second-order valence-corrected chi connectivity index (χ2v) is 11.2. The highest BCUT2D eigenvalue weighted by Gasteiger charge is 2.29. The van der Waals surface area contributed by atoms with Crippen LogP contribution < -0.4 is 10.2 Å². The van der Waals surface area contributed by atoms with Gasteiger partial charge in [-0.25, -0.2) is 8.42 Å². The molecule has 2 aromatic heterocycles. The number of nitrogens with one attached hydrogen (secondary N) is 1. The maximum atomic E-state index is 12.3. The van der Waals surface area contributed by atoms with Crippen LogP contribution in [0.5, 0.6) is 0 Å². The van der Waals surface area contributed by atoms with E-state index in [4.69, 9.17) is 4.42 Å². The minimum atomic E-state index is -3.02. The molecule has 2 fully saturated rings. The summed E-state index contributed by atoms with van der Waals surface area (Å²) in [6.45, 7) is 4.62. The first-order chi connectivity index (χ1) is 14.4. The third kappa shape index (κ3) is 5.18. The number of carbonyl (C=O) groups is 1. The molecule has 4 heterocycles. The highest BCUT2D eigenvalue weighted by atomic mass is 32.2. The Hall–Kier alpha value is -2.01. The van der Waals surface area contributed by atoms with E-state index in [1.54, 1.807) is 6.26 Å². The van der Waals surface area contributed by atoms with Gasteiger partial charge in [0.25, 0.3) is 0 Å². The first kappa shape index (κ1) is 21.2. The molecule has 1 amide bonds. The number of hydrogen-bond acceptors (Lipinski definition) is 8. The lowest BCUT2D eigenvalue weighted by molar-refractivity contribution is -0.119. The number of sulfone groups is 1. The fourth-order valence-corrected chi connectivity index (χ4v) is 6.25. The third-order valence-electron chi connectivity index (χ3n) is 5.59. The molecule has 9 nitrogen and oxygen atoms in total. The van der Waals surface area contributed by atoms with E-state index in [0.717, 1.165) is 37.6 Å². The molecule has 4 rings (SSSR count). The lowest BCUT2D eigenvalue weighted by Crippen LogP contribution is -2.36. The summed E-state index contributed by atoms with van der Waals surface area (Å²) < 4.78 is 30.7. The Balaban J connectivity index is 1.43. The monoisotopic (exact) mass is 453 g/mol. The summed E-state index contributed by atoms with van der Waals surface area (Å²) in [5.74, 6) is 2.43. The van der Waals surface area contributed by atoms with Crippen molar-refractivity contribution in [1.82, 2.24) is 20.1 Å². The van der Waals surface area contributed by atoms with Gasteiger partial charge in [0.15, 0.2) is 15.0 Å². The van der Waals surface area contributed by atoms with Gasteiger partial charge in [-0.1, -0.05) is 18.7 Å². The van der Waals surface area contributed by atoms with Crippen molar-refractivity contribution < 1.29 is 17.6 Å². The van der Waals surface area contributed by atoms with Crippen LogP contribution in [0.15, 0.2) is 28.0 Å². The van der Waals surface area contributed by atoms with Crippen LogP contribution in [0.1, 0.15) is 31.9 Å². The van der Waals surface area contributed by atoms with Gasteiger partial charge in [0.1, 0.15) is 5.76 Å². The third-order valence-corrected chi connectivity index (χ3v) is 8.32. The Morgan fingerprint density at radius 1 is 1.30 bits per heavy atom. The van der Waals surface area contributed by atoms with Crippen molar-refractivity contribution in [2.24, 2.45) is 5.92 Å². The Labute approximate surface area is 180 Å². The number of hydrogen-bond donors (Lipinski definition) is 1. The van der Waals surface area contributed by atoms with Gasteiger partial charge in [0.05, 0.1) is 30.1 Å². The highest BCUT2D eigenvalue weighted by Crippen LogP contribution is 2.27. The second-order valence-electron chi connectivity index (χ2n) is 8.07. The summed E-state index contributed by atoms with van der Waals surface area (Å²) in [6.07, 6.45) is 4.34. The molecule has 1 atom stereocenters. The van der Waals surface area contributed by atoms with Crippen molar-refractivity contribution >= 4 is 33.5 Å². The van der Waals surface area contributed by atoms with E-state index < -0.39 is 9.84 Å². The topological polar surface area (TPSA) is 110 Å². The number of carbonyl (C=O) groups excluding carboxylic acids is 1. The predicted molar refractivity (Wildman–Crippen MR) is 114 cm³/mol. The van der Waals surface area contributed by atoms with Gasteiger partial charge < -0.3 is 14.6 Å². The van der Waals surface area contributed by atoms with Gasteiger partial charge in [-0.05, 0) is 37.3 Å². The fourth-order valence-electron chi connectivity index (χ4n) is 3.84. The van der Waals surface area contributed by atoms with E-state index in [2.05, 4.69) is 27.3 Å². The van der Waals surface area contributed by atoms with Gasteiger partial charge in [-0.15, -0.1) is 10.2 Å². The maximum Gasteiger partial charge on any atom is 0.230 e. The standard InChI is InChI=1S/C19H27N5O4S2/c1-14-4-7-23(8-5-14)18-21-22-19(24(18)11-16-3-2-9-28-16)29-12-17(25)20-15-6-10-30(26,27)13-15/h2-3,9,14-15H,4-8,10-13H2,1H3,(H,20,25). The van der Waals surface area contributed by atoms with Gasteiger partial charge in [0.2, 0.25) is 11.9 Å². The maximum absolute atomic E-state index is 12.3. The number of piperidine rings is 1. The Bertz CT molecular complexity index is 965. The average molecular weight is 454 g/mol. The number of nitrogens with zero attached hydrogens (tertiary/aromatic N) is 4. The van der Waals surface area contributed by atoms with E-state index in [0.29, 0.717) is 24.0 Å². The molecule has 30 heavy (non-hydrogen) atoms. The van der Waals surface area contributed by atoms with Crippen LogP contribution in [-0.4, -0.2) is 65.5 Å². The van der Waals surface area contributed by atoms with Crippen LogP contribution in [0.4, 0.5) is 5.95 Å². The average Bonchev–Trinajstić information content (AvgIpc) is 3.42. The van der Waals surface area contributed by atoms with E-state index >= 15 is 0 Å². The molecule has 0 aliphatic carbocycles. The molecule has 1 N–H and O–H groups in total. The molecule has 0 aromatic carbocycles. The predicted octanol–water partition coefficient (Wildman–Crippen LogP) is 1.55. The summed E-state index contributed by atoms with van der Waals surface area (Å²) in [5, 5.41) is 12.2. The molecule has 2 aliphatic rings. The largest absolute Gasteiger partial charge is 0.467 e. The molecular weight excluding hydrogens is 426 g/mol. The molecule has 2 aliphatic heterocycles. The summed E-state index contributed by atoms with van der Waals surface area (Å²) in [6, 6.07) is 3.46. The molecule has 0 spiro atoms. The number of furan rings is 1. The van der Waals surface area contributed by atoms with Crippen LogP contribution >= 0.6 is 11.8 Å². The van der Waals surface area contributed by atoms with E-state index in [1.165, 1.54) is 11.8 Å². The Morgan fingerprint density at radius 2 is 2.10 bits per heavy atom. The lowest BCUT2D eigenvalue weighted by atomic mass is 10.00. The SMILES string of the molecule is CC1CCN(c2nnc(SCC(=O)NC3CCS(=O)(=O)C3)n2Cc2ccco2)CC1. The normalized spacial score (nSPS) is 21.8. The van der Waals surface area contributed by atoms with Crippen LogP contribution in [0, 0.1) is 5.92 Å². The molecule has 2 saturated heterocycles. The summed E-state index contributed by atoms with van der Waals surface area (Å²) in [5.41, 5.74) is 0. The number of anilines is 1. The highest BCUT2D eigenvalue weighted by molar-refractivity contribution is 7.99. The first-order valence-corrected chi connectivity index (χ1v) is 13.0. The van der Waals surface area contributed by atoms with Crippen LogP contribution in [0.3, 0.4) is 0 Å². The van der Waals surface area contributed by atoms with Crippen LogP contribution in [0.2, 0.25) is 0 Å². The molecule has 0 bridgehead atoms. The van der Waals surface area contributed by atoms with Crippen molar-refractivity contribution in [3.05, 3.63) is 24.2 Å². The molecule has 2 aromatic rings. The fraction of sp³-hybridized carbons (Fsp3) is 0.632. The van der Waals surface area contributed by atoms with Gasteiger partial charge in [0, 0.05) is 19.1 Å². The van der Waals surface area contributed by atoms with Gasteiger partial charge in [-0.3, -0.25) is 9.36 Å².